The number of likely N-dealkylation sites (tertiary alicyclic amines) is 1. The molecule has 0 radical (unpaired) electrons. The van der Waals surface area contributed by atoms with Gasteiger partial charge in [0.1, 0.15) is 0 Å². The minimum atomic E-state index is -0.0164. The smallest absolute Gasteiger partial charge is 0.323 e. The second-order valence-electron chi connectivity index (χ2n) is 6.72. The number of rotatable bonds is 3. The predicted molar refractivity (Wildman–Crippen MR) is 103 cm³/mol. The van der Waals surface area contributed by atoms with Gasteiger partial charge in [-0.3, -0.25) is 5.32 Å². The zero-order valence-corrected chi connectivity index (χ0v) is 15.4. The van der Waals surface area contributed by atoms with E-state index in [1.165, 1.54) is 22.6 Å². The Kier molecular flexibility index (Phi) is 4.61. The molecule has 1 saturated heterocycles. The number of aryl methyl sites for hydroxylation is 1. The van der Waals surface area contributed by atoms with Gasteiger partial charge in [0.05, 0.1) is 5.69 Å². The van der Waals surface area contributed by atoms with Gasteiger partial charge in [-0.15, -0.1) is 11.3 Å². The number of aromatic nitrogens is 1. The fourth-order valence-electron chi connectivity index (χ4n) is 3.82. The van der Waals surface area contributed by atoms with Crippen molar-refractivity contribution in [1.82, 2.24) is 9.88 Å². The van der Waals surface area contributed by atoms with Crippen LogP contribution in [-0.2, 0) is 12.8 Å². The van der Waals surface area contributed by atoms with Gasteiger partial charge in [0.15, 0.2) is 5.13 Å². The van der Waals surface area contributed by atoms with E-state index >= 15 is 0 Å². The molecule has 6 heteroatoms. The molecule has 0 unspecified atom stereocenters. The molecule has 0 atom stereocenters. The first-order chi connectivity index (χ1) is 12.2. The largest absolute Gasteiger partial charge is 0.368 e. The molecule has 132 valence electrons. The highest BCUT2D eigenvalue weighted by atomic mass is 32.1. The number of fused-ring (bicyclic) bond motifs is 1. The molecule has 0 saturated carbocycles. The normalized spacial score (nSPS) is 17.6. The van der Waals surface area contributed by atoms with Crippen LogP contribution in [0, 0.1) is 0 Å². The van der Waals surface area contributed by atoms with Crippen LogP contribution in [0.25, 0.3) is 0 Å². The van der Waals surface area contributed by atoms with Crippen molar-refractivity contribution < 1.29 is 4.79 Å². The molecule has 0 aliphatic carbocycles. The zero-order chi connectivity index (χ0) is 17.2. The van der Waals surface area contributed by atoms with Crippen LogP contribution >= 0.6 is 11.3 Å². The third-order valence-electron chi connectivity index (χ3n) is 5.24. The number of nitrogens with one attached hydrogen (secondary N) is 1. The summed E-state index contributed by atoms with van der Waals surface area (Å²) in [5.74, 6) is 0. The average molecular weight is 356 g/mol. The molecule has 4 rings (SSSR count). The van der Waals surface area contributed by atoms with Crippen LogP contribution in [-0.4, -0.2) is 41.6 Å². The van der Waals surface area contributed by atoms with Crippen LogP contribution in [0.4, 0.5) is 15.6 Å². The average Bonchev–Trinajstić information content (AvgIpc) is 3.28. The minimum absolute atomic E-state index is 0.0164. The predicted octanol–water partition coefficient (Wildman–Crippen LogP) is 3.76. The summed E-state index contributed by atoms with van der Waals surface area (Å²) in [7, 11) is 0. The van der Waals surface area contributed by atoms with Crippen LogP contribution in [0.1, 0.15) is 31.0 Å². The standard InChI is InChI=1S/C19H24N4OS/c1-2-15-13-25-18(20-15)21-19(24)22-10-8-16(9-11-22)23-12-7-14-5-3-4-6-17(14)23/h3-6,13,16H,2,7-12H2,1H3,(H,20,21,24). The number of hydrogen-bond acceptors (Lipinski definition) is 4. The third kappa shape index (κ3) is 3.35. The maximum absolute atomic E-state index is 12.5. The van der Waals surface area contributed by atoms with Gasteiger partial charge >= 0.3 is 6.03 Å². The molecule has 2 amide bonds. The van der Waals surface area contributed by atoms with Gasteiger partial charge in [-0.2, -0.15) is 0 Å². The van der Waals surface area contributed by atoms with Crippen molar-refractivity contribution in [3.63, 3.8) is 0 Å². The first-order valence-electron chi connectivity index (χ1n) is 9.09. The Balaban J connectivity index is 1.33. The van der Waals surface area contributed by atoms with Crippen LogP contribution in [0.3, 0.4) is 0 Å². The summed E-state index contributed by atoms with van der Waals surface area (Å²) in [6, 6.07) is 9.23. The number of anilines is 2. The van der Waals surface area contributed by atoms with Crippen molar-refractivity contribution >= 4 is 28.2 Å². The van der Waals surface area contributed by atoms with E-state index in [9.17, 15) is 4.79 Å². The Labute approximate surface area is 152 Å². The highest BCUT2D eigenvalue weighted by molar-refractivity contribution is 7.13. The van der Waals surface area contributed by atoms with Crippen molar-refractivity contribution in [2.75, 3.05) is 29.9 Å². The number of para-hydroxylation sites is 1. The van der Waals surface area contributed by atoms with Crippen LogP contribution in [0.15, 0.2) is 29.6 Å². The highest BCUT2D eigenvalue weighted by Gasteiger charge is 2.30. The molecule has 2 aromatic rings. The lowest BCUT2D eigenvalue weighted by molar-refractivity contribution is 0.193. The molecule has 5 nitrogen and oxygen atoms in total. The summed E-state index contributed by atoms with van der Waals surface area (Å²) >= 11 is 1.50. The molecule has 1 aromatic heterocycles. The van der Waals surface area contributed by atoms with Gasteiger partial charge in [0.25, 0.3) is 0 Å². The van der Waals surface area contributed by atoms with E-state index in [0.29, 0.717) is 11.2 Å². The van der Waals surface area contributed by atoms with Crippen molar-refractivity contribution in [3.05, 3.63) is 40.9 Å². The monoisotopic (exact) mass is 356 g/mol. The van der Waals surface area contributed by atoms with Crippen LogP contribution < -0.4 is 10.2 Å². The lowest BCUT2D eigenvalue weighted by Gasteiger charge is -2.37. The first-order valence-corrected chi connectivity index (χ1v) is 9.97. The summed E-state index contributed by atoms with van der Waals surface area (Å²) in [5.41, 5.74) is 3.88. The Morgan fingerprint density at radius 3 is 2.84 bits per heavy atom. The van der Waals surface area contributed by atoms with E-state index in [4.69, 9.17) is 0 Å². The van der Waals surface area contributed by atoms with Gasteiger partial charge < -0.3 is 9.80 Å². The number of piperidine rings is 1. The summed E-state index contributed by atoms with van der Waals surface area (Å²) in [6.45, 7) is 4.79. The molecule has 2 aliphatic heterocycles. The van der Waals surface area contributed by atoms with Gasteiger partial charge in [-0.1, -0.05) is 25.1 Å². The molecular weight excluding hydrogens is 332 g/mol. The molecule has 0 spiro atoms. The zero-order valence-electron chi connectivity index (χ0n) is 14.6. The molecule has 0 bridgehead atoms. The number of amides is 2. The van der Waals surface area contributed by atoms with Gasteiger partial charge in [-0.25, -0.2) is 9.78 Å². The number of carbonyl (C=O) groups is 1. The van der Waals surface area contributed by atoms with Crippen molar-refractivity contribution in [3.8, 4) is 0 Å². The number of nitrogens with zero attached hydrogens (tertiary/aromatic N) is 3. The number of hydrogen-bond donors (Lipinski definition) is 1. The molecule has 1 N–H and O–H groups in total. The Morgan fingerprint density at radius 1 is 1.28 bits per heavy atom. The van der Waals surface area contributed by atoms with E-state index in [1.54, 1.807) is 0 Å². The first kappa shape index (κ1) is 16.4. The summed E-state index contributed by atoms with van der Waals surface area (Å²) in [4.78, 5) is 21.3. The second-order valence-corrected chi connectivity index (χ2v) is 7.58. The fraction of sp³-hybridized carbons (Fsp3) is 0.474. The van der Waals surface area contributed by atoms with Crippen LogP contribution in [0.5, 0.6) is 0 Å². The fourth-order valence-corrected chi connectivity index (χ4v) is 4.60. The number of thiazole rings is 1. The van der Waals surface area contributed by atoms with E-state index < -0.39 is 0 Å². The molecule has 25 heavy (non-hydrogen) atoms. The Bertz CT molecular complexity index is 751. The Morgan fingerprint density at radius 2 is 2.08 bits per heavy atom. The third-order valence-corrected chi connectivity index (χ3v) is 6.05. The molecule has 1 aromatic carbocycles. The quantitative estimate of drug-likeness (QED) is 0.911. The SMILES string of the molecule is CCc1csc(NC(=O)N2CCC(N3CCc4ccccc43)CC2)n1. The molecule has 1 fully saturated rings. The topological polar surface area (TPSA) is 48.5 Å². The van der Waals surface area contributed by atoms with Crippen molar-refractivity contribution in [1.29, 1.82) is 0 Å². The van der Waals surface area contributed by atoms with Crippen molar-refractivity contribution in [2.45, 2.75) is 38.6 Å². The summed E-state index contributed by atoms with van der Waals surface area (Å²) in [5, 5.41) is 5.66. The lowest BCUT2D eigenvalue weighted by Crippen LogP contribution is -2.47. The van der Waals surface area contributed by atoms with E-state index in [0.717, 1.165) is 51.0 Å². The second kappa shape index (κ2) is 7.04. The maximum Gasteiger partial charge on any atom is 0.323 e. The minimum Gasteiger partial charge on any atom is -0.368 e. The van der Waals surface area contributed by atoms with Gasteiger partial charge in [-0.05, 0) is 37.3 Å². The summed E-state index contributed by atoms with van der Waals surface area (Å²) in [6.07, 6.45) is 4.09. The number of benzene rings is 1. The lowest BCUT2D eigenvalue weighted by atomic mass is 10.0. The van der Waals surface area contributed by atoms with Crippen molar-refractivity contribution in [2.24, 2.45) is 0 Å². The maximum atomic E-state index is 12.5. The Hall–Kier alpha value is -2.08. The van der Waals surface area contributed by atoms with E-state index in [1.807, 2.05) is 10.3 Å². The van der Waals surface area contributed by atoms with E-state index in [-0.39, 0.29) is 6.03 Å². The number of urea groups is 1. The van der Waals surface area contributed by atoms with Gasteiger partial charge in [0.2, 0.25) is 0 Å². The van der Waals surface area contributed by atoms with E-state index in [2.05, 4.69) is 46.4 Å². The number of carbonyl (C=O) groups excluding carboxylic acids is 1. The van der Waals surface area contributed by atoms with Crippen LogP contribution in [0.2, 0.25) is 0 Å². The molecular formula is C19H24N4OS. The van der Waals surface area contributed by atoms with Gasteiger partial charge in [0, 0.05) is 36.7 Å². The summed E-state index contributed by atoms with van der Waals surface area (Å²) < 4.78 is 0. The highest BCUT2D eigenvalue weighted by Crippen LogP contribution is 2.32. The molecule has 2 aliphatic rings. The molecule has 3 heterocycles.